The third kappa shape index (κ3) is 3.06. The monoisotopic (exact) mass is 263 g/mol. The van der Waals surface area contributed by atoms with Crippen molar-refractivity contribution < 1.29 is 9.53 Å². The fourth-order valence-corrected chi connectivity index (χ4v) is 2.10. The molecule has 1 aromatic heterocycles. The summed E-state index contributed by atoms with van der Waals surface area (Å²) in [5.74, 6) is 0. The number of azide groups is 1. The van der Waals surface area contributed by atoms with Crippen molar-refractivity contribution in [3.8, 4) is 0 Å². The number of aryl methyl sites for hydroxylation is 1. The van der Waals surface area contributed by atoms with E-state index >= 15 is 0 Å². The van der Waals surface area contributed by atoms with E-state index in [-0.39, 0.29) is 6.04 Å². The topological polar surface area (TPSA) is 92.9 Å². The van der Waals surface area contributed by atoms with Crippen LogP contribution in [0.5, 0.6) is 0 Å². The molecule has 102 valence electrons. The number of nitrogens with zero attached hydrogens (tertiary/aromatic N) is 5. The summed E-state index contributed by atoms with van der Waals surface area (Å²) in [5, 5.41) is 7.97. The van der Waals surface area contributed by atoms with Crippen molar-refractivity contribution in [2.24, 2.45) is 5.11 Å². The Labute approximate surface area is 111 Å². The Hall–Kier alpha value is -2.01. The first-order chi connectivity index (χ1) is 8.90. The minimum absolute atomic E-state index is 0.232. The average Bonchev–Trinajstić information content (AvgIpc) is 2.72. The zero-order valence-electron chi connectivity index (χ0n) is 11.3. The Morgan fingerprint density at radius 1 is 1.63 bits per heavy atom. The molecule has 0 saturated heterocycles. The molecule has 1 heterocycles. The molecule has 1 aromatic rings. The van der Waals surface area contributed by atoms with Gasteiger partial charge in [-0.3, -0.25) is 0 Å². The SMILES string of the molecule is CC(C)(C)OC(=O)n1cc2c(n1)CCCC2N=[N+]=[N-]. The highest BCUT2D eigenvalue weighted by molar-refractivity contribution is 5.70. The smallest absolute Gasteiger partial charge is 0.435 e. The molecule has 0 bridgehead atoms. The van der Waals surface area contributed by atoms with Gasteiger partial charge < -0.3 is 4.74 Å². The van der Waals surface area contributed by atoms with Gasteiger partial charge in [-0.1, -0.05) is 5.11 Å². The Balaban J connectivity index is 2.26. The van der Waals surface area contributed by atoms with E-state index in [0.717, 1.165) is 30.5 Å². The van der Waals surface area contributed by atoms with Crippen LogP contribution < -0.4 is 0 Å². The van der Waals surface area contributed by atoms with Gasteiger partial charge in [0.1, 0.15) is 5.60 Å². The van der Waals surface area contributed by atoms with Crippen LogP contribution in [0.2, 0.25) is 0 Å². The second kappa shape index (κ2) is 4.93. The number of carbonyl (C=O) groups is 1. The summed E-state index contributed by atoms with van der Waals surface area (Å²) < 4.78 is 6.45. The molecule has 1 atom stereocenters. The van der Waals surface area contributed by atoms with Crippen molar-refractivity contribution in [2.75, 3.05) is 0 Å². The molecule has 0 N–H and O–H groups in total. The molecule has 19 heavy (non-hydrogen) atoms. The molecule has 0 aromatic carbocycles. The zero-order valence-corrected chi connectivity index (χ0v) is 11.3. The summed E-state index contributed by atoms with van der Waals surface area (Å²) in [7, 11) is 0. The van der Waals surface area contributed by atoms with Crippen LogP contribution in [0.25, 0.3) is 10.4 Å². The highest BCUT2D eigenvalue weighted by Crippen LogP contribution is 2.32. The van der Waals surface area contributed by atoms with Crippen molar-refractivity contribution in [2.45, 2.75) is 51.7 Å². The van der Waals surface area contributed by atoms with Gasteiger partial charge in [-0.15, -0.1) is 0 Å². The molecule has 0 fully saturated rings. The van der Waals surface area contributed by atoms with Gasteiger partial charge in [-0.2, -0.15) is 9.78 Å². The van der Waals surface area contributed by atoms with Gasteiger partial charge in [-0.25, -0.2) is 4.79 Å². The van der Waals surface area contributed by atoms with Gasteiger partial charge in [0.05, 0.1) is 11.7 Å². The van der Waals surface area contributed by atoms with Gasteiger partial charge in [-0.05, 0) is 45.6 Å². The van der Waals surface area contributed by atoms with Crippen molar-refractivity contribution in [1.82, 2.24) is 9.78 Å². The molecule has 1 unspecified atom stereocenters. The number of ether oxygens (including phenoxy) is 1. The lowest BCUT2D eigenvalue weighted by atomic mass is 9.94. The fourth-order valence-electron chi connectivity index (χ4n) is 2.10. The Morgan fingerprint density at radius 2 is 2.37 bits per heavy atom. The van der Waals surface area contributed by atoms with Crippen LogP contribution in [-0.4, -0.2) is 21.5 Å². The summed E-state index contributed by atoms with van der Waals surface area (Å²) in [4.78, 5) is 14.8. The van der Waals surface area contributed by atoms with E-state index in [4.69, 9.17) is 10.3 Å². The molecule has 7 nitrogen and oxygen atoms in total. The van der Waals surface area contributed by atoms with Crippen LogP contribution in [0.4, 0.5) is 4.79 Å². The minimum Gasteiger partial charge on any atom is -0.442 e. The van der Waals surface area contributed by atoms with E-state index in [0.29, 0.717) is 0 Å². The Morgan fingerprint density at radius 3 is 3.00 bits per heavy atom. The van der Waals surface area contributed by atoms with Crippen molar-refractivity contribution >= 4 is 6.09 Å². The van der Waals surface area contributed by atoms with Crippen LogP contribution in [0, 0.1) is 0 Å². The highest BCUT2D eigenvalue weighted by atomic mass is 16.6. The van der Waals surface area contributed by atoms with Crippen LogP contribution in [-0.2, 0) is 11.2 Å². The molecular weight excluding hydrogens is 246 g/mol. The maximum absolute atomic E-state index is 11.9. The fraction of sp³-hybridized carbons (Fsp3) is 0.667. The van der Waals surface area contributed by atoms with E-state index in [1.165, 1.54) is 4.68 Å². The number of hydrogen-bond acceptors (Lipinski definition) is 4. The number of carbonyl (C=O) groups excluding carboxylic acids is 1. The predicted molar refractivity (Wildman–Crippen MR) is 68.7 cm³/mol. The minimum atomic E-state index is -0.562. The largest absolute Gasteiger partial charge is 0.442 e. The second-order valence-electron chi connectivity index (χ2n) is 5.57. The lowest BCUT2D eigenvalue weighted by Crippen LogP contribution is -2.27. The zero-order chi connectivity index (χ0) is 14.0. The van der Waals surface area contributed by atoms with Gasteiger partial charge in [0.2, 0.25) is 0 Å². The summed E-state index contributed by atoms with van der Waals surface area (Å²) in [5.41, 5.74) is 9.63. The molecule has 0 saturated carbocycles. The van der Waals surface area contributed by atoms with Crippen molar-refractivity contribution in [3.05, 3.63) is 27.9 Å². The number of aromatic nitrogens is 2. The van der Waals surface area contributed by atoms with E-state index < -0.39 is 11.7 Å². The maximum atomic E-state index is 11.9. The third-order valence-corrected chi connectivity index (χ3v) is 2.84. The molecule has 0 amide bonds. The molecule has 0 aliphatic heterocycles. The predicted octanol–water partition coefficient (Wildman–Crippen LogP) is 3.35. The lowest BCUT2D eigenvalue weighted by Gasteiger charge is -2.18. The molecule has 1 aliphatic carbocycles. The molecule has 1 aliphatic rings. The average molecular weight is 263 g/mol. The summed E-state index contributed by atoms with van der Waals surface area (Å²) in [6.07, 6.45) is 3.59. The van der Waals surface area contributed by atoms with Crippen LogP contribution in [0.3, 0.4) is 0 Å². The first-order valence-electron chi connectivity index (χ1n) is 6.27. The Bertz CT molecular complexity index is 537. The number of rotatable bonds is 1. The van der Waals surface area contributed by atoms with Crippen LogP contribution in [0.15, 0.2) is 11.3 Å². The number of fused-ring (bicyclic) bond motifs is 1. The normalized spacial score (nSPS) is 18.4. The van der Waals surface area contributed by atoms with Gasteiger partial charge in [0, 0.05) is 16.7 Å². The Kier molecular flexibility index (Phi) is 3.48. The quantitative estimate of drug-likeness (QED) is 0.441. The molecule has 7 heteroatoms. The van der Waals surface area contributed by atoms with E-state index in [2.05, 4.69) is 15.1 Å². The first-order valence-corrected chi connectivity index (χ1v) is 6.27. The van der Waals surface area contributed by atoms with Crippen LogP contribution >= 0.6 is 0 Å². The van der Waals surface area contributed by atoms with Gasteiger partial charge >= 0.3 is 6.09 Å². The van der Waals surface area contributed by atoms with E-state index in [1.807, 2.05) is 0 Å². The first kappa shape index (κ1) is 13.4. The molecule has 2 rings (SSSR count). The standard InChI is InChI=1S/C12H17N5O2/c1-12(2,3)19-11(18)17-7-8-9(14-16-13)5-4-6-10(8)15-17/h7,9H,4-6H2,1-3H3. The second-order valence-corrected chi connectivity index (χ2v) is 5.57. The van der Waals surface area contributed by atoms with Gasteiger partial charge in [0.15, 0.2) is 0 Å². The maximum Gasteiger partial charge on any atom is 0.435 e. The van der Waals surface area contributed by atoms with E-state index in [9.17, 15) is 4.79 Å². The third-order valence-electron chi connectivity index (χ3n) is 2.84. The molecular formula is C12H17N5O2. The molecule has 0 spiro atoms. The van der Waals surface area contributed by atoms with Crippen molar-refractivity contribution in [1.29, 1.82) is 0 Å². The lowest BCUT2D eigenvalue weighted by molar-refractivity contribution is 0.0514. The number of hydrogen-bond donors (Lipinski definition) is 0. The van der Waals surface area contributed by atoms with Gasteiger partial charge in [0.25, 0.3) is 0 Å². The summed E-state index contributed by atoms with van der Waals surface area (Å²) >= 11 is 0. The summed E-state index contributed by atoms with van der Waals surface area (Å²) in [6, 6.07) is -0.232. The molecule has 0 radical (unpaired) electrons. The summed E-state index contributed by atoms with van der Waals surface area (Å²) in [6.45, 7) is 5.41. The highest BCUT2D eigenvalue weighted by Gasteiger charge is 2.26. The van der Waals surface area contributed by atoms with E-state index in [1.54, 1.807) is 27.0 Å². The van der Waals surface area contributed by atoms with Crippen LogP contribution in [0.1, 0.15) is 50.9 Å². The van der Waals surface area contributed by atoms with Crippen molar-refractivity contribution in [3.63, 3.8) is 0 Å².